The summed E-state index contributed by atoms with van der Waals surface area (Å²) in [6, 6.07) is 14.1. The quantitative estimate of drug-likeness (QED) is 0.853. The summed E-state index contributed by atoms with van der Waals surface area (Å²) in [5.74, 6) is 0.0207. The largest absolute Gasteiger partial charge is 0.326 e. The third-order valence-corrected chi connectivity index (χ3v) is 4.84. The molecule has 2 N–H and O–H groups in total. The van der Waals surface area contributed by atoms with Gasteiger partial charge in [-0.3, -0.25) is 9.52 Å². The number of sulfonamides is 1. The van der Waals surface area contributed by atoms with Crippen LogP contribution in [0.1, 0.15) is 17.9 Å². The minimum atomic E-state index is -3.31. The fourth-order valence-electron chi connectivity index (χ4n) is 2.67. The molecule has 0 radical (unpaired) electrons. The van der Waals surface area contributed by atoms with E-state index in [1.54, 1.807) is 24.3 Å². The Morgan fingerprint density at radius 3 is 2.33 bits per heavy atom. The van der Waals surface area contributed by atoms with E-state index in [4.69, 9.17) is 11.6 Å². The fourth-order valence-corrected chi connectivity index (χ4v) is 3.52. The molecule has 5 nitrogen and oxygen atoms in total. The summed E-state index contributed by atoms with van der Waals surface area (Å²) in [6.45, 7) is 0. The zero-order chi connectivity index (χ0) is 17.3. The molecule has 0 unspecified atom stereocenters. The first-order chi connectivity index (χ1) is 11.3. The topological polar surface area (TPSA) is 75.3 Å². The van der Waals surface area contributed by atoms with Crippen molar-refractivity contribution in [2.24, 2.45) is 5.92 Å². The number of benzene rings is 2. The number of rotatable bonds is 5. The first-order valence-electron chi connectivity index (χ1n) is 7.46. The zero-order valence-corrected chi connectivity index (χ0v) is 14.6. The Labute approximate surface area is 146 Å². The molecule has 0 aliphatic heterocycles. The number of hydrogen-bond acceptors (Lipinski definition) is 3. The molecule has 2 aromatic carbocycles. The van der Waals surface area contributed by atoms with Crippen LogP contribution < -0.4 is 10.0 Å². The van der Waals surface area contributed by atoms with Crippen molar-refractivity contribution in [2.45, 2.75) is 12.3 Å². The van der Waals surface area contributed by atoms with E-state index in [-0.39, 0.29) is 17.7 Å². The van der Waals surface area contributed by atoms with Crippen molar-refractivity contribution in [3.63, 3.8) is 0 Å². The van der Waals surface area contributed by atoms with Gasteiger partial charge in [0.05, 0.1) is 6.26 Å². The van der Waals surface area contributed by atoms with Crippen LogP contribution in [-0.2, 0) is 14.8 Å². The summed E-state index contributed by atoms with van der Waals surface area (Å²) in [5.41, 5.74) is 2.09. The second-order valence-electron chi connectivity index (χ2n) is 5.91. The lowest BCUT2D eigenvalue weighted by molar-refractivity contribution is -0.117. The highest BCUT2D eigenvalue weighted by atomic mass is 35.5. The van der Waals surface area contributed by atoms with E-state index in [0.29, 0.717) is 16.4 Å². The predicted molar refractivity (Wildman–Crippen MR) is 95.8 cm³/mol. The third kappa shape index (κ3) is 4.07. The molecule has 126 valence electrons. The predicted octanol–water partition coefficient (Wildman–Crippen LogP) is 3.45. The van der Waals surface area contributed by atoms with Gasteiger partial charge >= 0.3 is 0 Å². The van der Waals surface area contributed by atoms with Gasteiger partial charge in [0.2, 0.25) is 15.9 Å². The normalized spacial score (nSPS) is 19.6. The van der Waals surface area contributed by atoms with Crippen LogP contribution in [0.5, 0.6) is 0 Å². The maximum absolute atomic E-state index is 12.3. The van der Waals surface area contributed by atoms with Gasteiger partial charge in [-0.15, -0.1) is 0 Å². The smallest absolute Gasteiger partial charge is 0.229 e. The number of anilines is 2. The Morgan fingerprint density at radius 2 is 1.71 bits per heavy atom. The Morgan fingerprint density at radius 1 is 1.08 bits per heavy atom. The molecule has 0 bridgehead atoms. The Bertz CT molecular complexity index is 866. The number of carbonyl (C=O) groups is 1. The van der Waals surface area contributed by atoms with Gasteiger partial charge in [0.15, 0.2) is 0 Å². The average Bonchev–Trinajstić information content (AvgIpc) is 3.29. The van der Waals surface area contributed by atoms with E-state index in [9.17, 15) is 13.2 Å². The van der Waals surface area contributed by atoms with Gasteiger partial charge in [-0.2, -0.15) is 0 Å². The van der Waals surface area contributed by atoms with Crippen LogP contribution in [0.2, 0.25) is 5.02 Å². The number of halogens is 1. The summed E-state index contributed by atoms with van der Waals surface area (Å²) < 4.78 is 24.7. The average molecular weight is 365 g/mol. The monoisotopic (exact) mass is 364 g/mol. The van der Waals surface area contributed by atoms with Gasteiger partial charge in [0, 0.05) is 22.3 Å². The van der Waals surface area contributed by atoms with Crippen molar-refractivity contribution >= 4 is 38.9 Å². The highest BCUT2D eigenvalue weighted by Gasteiger charge is 2.44. The SMILES string of the molecule is CS(=O)(=O)Nc1ccc(NC(=O)[C@@H]2C[C@@H]2c2ccccc2Cl)cc1. The van der Waals surface area contributed by atoms with Crippen LogP contribution in [0.25, 0.3) is 0 Å². The first-order valence-corrected chi connectivity index (χ1v) is 9.73. The molecular formula is C17H17ClN2O3S. The molecule has 3 rings (SSSR count). The molecule has 2 aromatic rings. The molecule has 1 aliphatic carbocycles. The van der Waals surface area contributed by atoms with Crippen LogP contribution in [-0.4, -0.2) is 20.6 Å². The van der Waals surface area contributed by atoms with Gasteiger partial charge in [0.25, 0.3) is 0 Å². The lowest BCUT2D eigenvalue weighted by Crippen LogP contribution is -2.15. The lowest BCUT2D eigenvalue weighted by atomic mass is 10.1. The van der Waals surface area contributed by atoms with Gasteiger partial charge in [-0.25, -0.2) is 8.42 Å². The van der Waals surface area contributed by atoms with Gasteiger partial charge in [-0.1, -0.05) is 29.8 Å². The Balaban J connectivity index is 1.61. The minimum absolute atomic E-state index is 0.0521. The third-order valence-electron chi connectivity index (χ3n) is 3.89. The molecule has 7 heteroatoms. The maximum atomic E-state index is 12.3. The van der Waals surface area contributed by atoms with E-state index in [2.05, 4.69) is 10.0 Å². The molecule has 0 spiro atoms. The molecule has 1 fully saturated rings. The van der Waals surface area contributed by atoms with Crippen molar-refractivity contribution in [3.05, 3.63) is 59.1 Å². The van der Waals surface area contributed by atoms with Crippen LogP contribution in [0.15, 0.2) is 48.5 Å². The van der Waals surface area contributed by atoms with E-state index in [1.807, 2.05) is 24.3 Å². The van der Waals surface area contributed by atoms with Crippen LogP contribution in [0.4, 0.5) is 11.4 Å². The molecule has 24 heavy (non-hydrogen) atoms. The Kier molecular flexibility index (Phi) is 4.51. The molecule has 1 saturated carbocycles. The molecule has 2 atom stereocenters. The lowest BCUT2D eigenvalue weighted by Gasteiger charge is -2.08. The molecule has 0 heterocycles. The Hall–Kier alpha value is -2.05. The number of nitrogens with one attached hydrogen (secondary N) is 2. The molecule has 0 aromatic heterocycles. The highest BCUT2D eigenvalue weighted by Crippen LogP contribution is 2.49. The van der Waals surface area contributed by atoms with E-state index < -0.39 is 10.0 Å². The van der Waals surface area contributed by atoms with Gasteiger partial charge < -0.3 is 5.32 Å². The van der Waals surface area contributed by atoms with E-state index in [1.165, 1.54) is 0 Å². The standard InChI is InChI=1S/C17H17ClN2O3S/c1-24(22,23)20-12-8-6-11(7-9-12)19-17(21)15-10-14(15)13-4-2-3-5-16(13)18/h2-9,14-15,20H,10H2,1H3,(H,19,21)/t14-,15-/m1/s1. The summed E-state index contributed by atoms with van der Waals surface area (Å²) >= 11 is 6.17. The van der Waals surface area contributed by atoms with Crippen molar-refractivity contribution in [3.8, 4) is 0 Å². The number of hydrogen-bond donors (Lipinski definition) is 2. The molecule has 1 amide bonds. The maximum Gasteiger partial charge on any atom is 0.229 e. The second kappa shape index (κ2) is 6.45. The van der Waals surface area contributed by atoms with Crippen molar-refractivity contribution in [1.29, 1.82) is 0 Å². The molecular weight excluding hydrogens is 348 g/mol. The van der Waals surface area contributed by atoms with Crippen molar-refractivity contribution < 1.29 is 13.2 Å². The second-order valence-corrected chi connectivity index (χ2v) is 8.07. The van der Waals surface area contributed by atoms with Gasteiger partial charge in [-0.05, 0) is 48.2 Å². The van der Waals surface area contributed by atoms with E-state index >= 15 is 0 Å². The first kappa shape index (κ1) is 16.8. The molecule has 1 aliphatic rings. The van der Waals surface area contributed by atoms with Crippen LogP contribution >= 0.6 is 11.6 Å². The molecule has 0 saturated heterocycles. The van der Waals surface area contributed by atoms with Crippen molar-refractivity contribution in [1.82, 2.24) is 0 Å². The van der Waals surface area contributed by atoms with Crippen LogP contribution in [0, 0.1) is 5.92 Å². The highest BCUT2D eigenvalue weighted by molar-refractivity contribution is 7.92. The summed E-state index contributed by atoms with van der Waals surface area (Å²) in [4.78, 5) is 12.3. The van der Waals surface area contributed by atoms with E-state index in [0.717, 1.165) is 18.2 Å². The zero-order valence-electron chi connectivity index (χ0n) is 13.0. The summed E-state index contributed by atoms with van der Waals surface area (Å²) in [7, 11) is -3.31. The van der Waals surface area contributed by atoms with Crippen molar-refractivity contribution in [2.75, 3.05) is 16.3 Å². The minimum Gasteiger partial charge on any atom is -0.326 e. The van der Waals surface area contributed by atoms with Crippen LogP contribution in [0.3, 0.4) is 0 Å². The van der Waals surface area contributed by atoms with Gasteiger partial charge in [0.1, 0.15) is 0 Å². The fraction of sp³-hybridized carbons (Fsp3) is 0.235. The number of carbonyl (C=O) groups excluding carboxylic acids is 1. The summed E-state index contributed by atoms with van der Waals surface area (Å²) in [6.07, 6.45) is 1.87. The summed E-state index contributed by atoms with van der Waals surface area (Å²) in [5, 5.41) is 3.54. The number of amides is 1.